The summed E-state index contributed by atoms with van der Waals surface area (Å²) in [4.78, 5) is 12.9. The van der Waals surface area contributed by atoms with Gasteiger partial charge in [-0.25, -0.2) is 4.79 Å². The Bertz CT molecular complexity index is 510. The molecule has 0 spiro atoms. The molecule has 0 radical (unpaired) electrons. The van der Waals surface area contributed by atoms with Crippen molar-refractivity contribution in [2.75, 3.05) is 13.2 Å². The topological polar surface area (TPSA) is 49.8 Å². The van der Waals surface area contributed by atoms with Gasteiger partial charge in [0.05, 0.1) is 13.2 Å². The zero-order valence-electron chi connectivity index (χ0n) is 12.0. The zero-order valence-corrected chi connectivity index (χ0v) is 13.6. The van der Waals surface area contributed by atoms with Gasteiger partial charge >= 0.3 is 6.09 Å². The number of ether oxygens (including phenoxy) is 1. The molecule has 0 saturated carbocycles. The van der Waals surface area contributed by atoms with E-state index in [1.165, 1.54) is 10.5 Å². The van der Waals surface area contributed by atoms with Crippen LogP contribution >= 0.6 is 15.9 Å². The highest BCUT2D eigenvalue weighted by Gasteiger charge is 2.32. The first-order valence-electron chi connectivity index (χ1n) is 6.70. The van der Waals surface area contributed by atoms with Gasteiger partial charge in [-0.3, -0.25) is 0 Å². The summed E-state index contributed by atoms with van der Waals surface area (Å²) < 4.78 is 6.88. The van der Waals surface area contributed by atoms with Gasteiger partial charge in [-0.05, 0) is 44.4 Å². The van der Waals surface area contributed by atoms with Crippen LogP contribution < -0.4 is 0 Å². The predicted octanol–water partition coefficient (Wildman–Crippen LogP) is 3.84. The highest BCUT2D eigenvalue weighted by atomic mass is 79.9. The fourth-order valence-corrected chi connectivity index (χ4v) is 3.07. The maximum absolute atomic E-state index is 11.5. The molecule has 0 fully saturated rings. The van der Waals surface area contributed by atoms with Crippen molar-refractivity contribution in [2.24, 2.45) is 0 Å². The lowest BCUT2D eigenvalue weighted by atomic mass is 9.96. The van der Waals surface area contributed by atoms with E-state index in [2.05, 4.69) is 15.9 Å². The molecule has 110 valence electrons. The average Bonchev–Trinajstić information content (AvgIpc) is 2.35. The fraction of sp³-hybridized carbons (Fsp3) is 0.533. The van der Waals surface area contributed by atoms with Crippen LogP contribution in [0, 0.1) is 0 Å². The molecule has 4 nitrogen and oxygen atoms in total. The first-order chi connectivity index (χ1) is 9.30. The Morgan fingerprint density at radius 1 is 1.50 bits per heavy atom. The van der Waals surface area contributed by atoms with Gasteiger partial charge in [0.15, 0.2) is 0 Å². The second kappa shape index (κ2) is 5.74. The summed E-state index contributed by atoms with van der Waals surface area (Å²) in [5, 5.41) is 9.40. The quantitative estimate of drug-likeness (QED) is 0.888. The molecule has 0 aromatic heterocycles. The third kappa shape index (κ3) is 3.15. The second-order valence-corrected chi connectivity index (χ2v) is 6.84. The third-order valence-electron chi connectivity index (χ3n) is 3.56. The van der Waals surface area contributed by atoms with E-state index in [1.54, 1.807) is 0 Å². The lowest BCUT2D eigenvalue weighted by Gasteiger charge is -2.37. The normalized spacial score (nSPS) is 18.5. The molecule has 1 aromatic rings. The van der Waals surface area contributed by atoms with Gasteiger partial charge in [-0.15, -0.1) is 0 Å². The van der Waals surface area contributed by atoms with Gasteiger partial charge in [-0.1, -0.05) is 28.1 Å². The van der Waals surface area contributed by atoms with Gasteiger partial charge < -0.3 is 14.7 Å². The molecule has 1 heterocycles. The van der Waals surface area contributed by atoms with Crippen LogP contribution in [0.5, 0.6) is 0 Å². The van der Waals surface area contributed by atoms with Crippen LogP contribution in [-0.2, 0) is 11.2 Å². The minimum atomic E-state index is -0.914. The van der Waals surface area contributed by atoms with E-state index in [9.17, 15) is 9.90 Å². The molecule has 1 unspecified atom stereocenters. The number of carbonyl (C=O) groups is 1. The summed E-state index contributed by atoms with van der Waals surface area (Å²) in [6, 6.07) is 6.00. The van der Waals surface area contributed by atoms with E-state index in [0.29, 0.717) is 13.2 Å². The summed E-state index contributed by atoms with van der Waals surface area (Å²) in [6.45, 7) is 6.66. The van der Waals surface area contributed by atoms with Crippen molar-refractivity contribution in [3.8, 4) is 0 Å². The molecule has 20 heavy (non-hydrogen) atoms. The van der Waals surface area contributed by atoms with Crippen molar-refractivity contribution >= 4 is 22.0 Å². The highest BCUT2D eigenvalue weighted by molar-refractivity contribution is 9.10. The van der Waals surface area contributed by atoms with Crippen molar-refractivity contribution < 1.29 is 14.6 Å². The molecule has 1 aliphatic heterocycles. The van der Waals surface area contributed by atoms with E-state index < -0.39 is 11.6 Å². The molecule has 0 bridgehead atoms. The number of amides is 1. The number of halogens is 1. The van der Waals surface area contributed by atoms with Crippen molar-refractivity contribution in [1.29, 1.82) is 0 Å². The largest absolute Gasteiger partial charge is 0.465 e. The molecular weight excluding hydrogens is 322 g/mol. The van der Waals surface area contributed by atoms with E-state index in [1.807, 2.05) is 39.0 Å². The van der Waals surface area contributed by atoms with Crippen molar-refractivity contribution in [1.82, 2.24) is 4.90 Å². The van der Waals surface area contributed by atoms with Gasteiger partial charge in [0.25, 0.3) is 0 Å². The van der Waals surface area contributed by atoms with Gasteiger partial charge in [0, 0.05) is 10.0 Å². The Morgan fingerprint density at radius 3 is 2.80 bits per heavy atom. The van der Waals surface area contributed by atoms with Crippen LogP contribution in [0.3, 0.4) is 0 Å². The van der Waals surface area contributed by atoms with Gasteiger partial charge in [0.1, 0.15) is 6.10 Å². The molecule has 0 saturated heterocycles. The van der Waals surface area contributed by atoms with Crippen LogP contribution in [0.1, 0.15) is 38.0 Å². The minimum absolute atomic E-state index is 0.202. The van der Waals surface area contributed by atoms with Crippen LogP contribution in [0.4, 0.5) is 4.79 Å². The molecule has 1 aromatic carbocycles. The Morgan fingerprint density at radius 2 is 2.20 bits per heavy atom. The lowest BCUT2D eigenvalue weighted by Crippen LogP contribution is -2.47. The standard InChI is InChI=1S/C15H20BrNO3/c1-15(2,3)17(14(18)19)9-13-11-5-4-6-12(16)10(11)7-8-20-13/h4-6,13H,7-9H2,1-3H3,(H,18,19). The number of hydrogen-bond donors (Lipinski definition) is 1. The fourth-order valence-electron chi connectivity index (χ4n) is 2.49. The summed E-state index contributed by atoms with van der Waals surface area (Å²) in [5.41, 5.74) is 1.86. The smallest absolute Gasteiger partial charge is 0.407 e. The first-order valence-corrected chi connectivity index (χ1v) is 7.49. The van der Waals surface area contributed by atoms with E-state index >= 15 is 0 Å². The zero-order chi connectivity index (χ0) is 14.9. The van der Waals surface area contributed by atoms with Crippen LogP contribution in [-0.4, -0.2) is 34.8 Å². The molecule has 2 rings (SSSR count). The third-order valence-corrected chi connectivity index (χ3v) is 4.31. The summed E-state index contributed by atoms with van der Waals surface area (Å²) in [5.74, 6) is 0. The Labute approximate surface area is 127 Å². The van der Waals surface area contributed by atoms with Gasteiger partial charge in [-0.2, -0.15) is 0 Å². The van der Waals surface area contributed by atoms with Crippen LogP contribution in [0.25, 0.3) is 0 Å². The van der Waals surface area contributed by atoms with E-state index in [4.69, 9.17) is 4.74 Å². The predicted molar refractivity (Wildman–Crippen MR) is 81.0 cm³/mol. The van der Waals surface area contributed by atoms with E-state index in [-0.39, 0.29) is 6.10 Å². The summed E-state index contributed by atoms with van der Waals surface area (Å²) >= 11 is 3.56. The van der Waals surface area contributed by atoms with Crippen molar-refractivity contribution in [2.45, 2.75) is 38.8 Å². The monoisotopic (exact) mass is 341 g/mol. The number of carboxylic acid groups (broad SMARTS) is 1. The Balaban J connectivity index is 2.28. The molecule has 1 atom stereocenters. The minimum Gasteiger partial charge on any atom is -0.465 e. The van der Waals surface area contributed by atoms with Crippen LogP contribution in [0.15, 0.2) is 22.7 Å². The summed E-state index contributed by atoms with van der Waals surface area (Å²) in [6.07, 6.45) is -0.259. The summed E-state index contributed by atoms with van der Waals surface area (Å²) in [7, 11) is 0. The Kier molecular flexibility index (Phi) is 4.39. The van der Waals surface area contributed by atoms with Crippen molar-refractivity contribution in [3.05, 3.63) is 33.8 Å². The molecule has 1 amide bonds. The van der Waals surface area contributed by atoms with Gasteiger partial charge in [0.2, 0.25) is 0 Å². The maximum Gasteiger partial charge on any atom is 0.407 e. The average molecular weight is 342 g/mol. The molecule has 1 N–H and O–H groups in total. The number of nitrogens with zero attached hydrogens (tertiary/aromatic N) is 1. The second-order valence-electron chi connectivity index (χ2n) is 5.98. The molecule has 0 aliphatic carbocycles. The Hall–Kier alpha value is -1.07. The SMILES string of the molecule is CC(C)(C)N(CC1OCCc2c(Br)cccc21)C(=O)O. The highest BCUT2D eigenvalue weighted by Crippen LogP contribution is 2.33. The number of rotatable bonds is 2. The molecular formula is C15H20BrNO3. The van der Waals surface area contributed by atoms with Crippen LogP contribution in [0.2, 0.25) is 0 Å². The number of hydrogen-bond acceptors (Lipinski definition) is 2. The molecule has 1 aliphatic rings. The molecule has 5 heteroatoms. The number of fused-ring (bicyclic) bond motifs is 1. The lowest BCUT2D eigenvalue weighted by molar-refractivity contribution is -0.000940. The van der Waals surface area contributed by atoms with Crippen molar-refractivity contribution in [3.63, 3.8) is 0 Å². The van der Waals surface area contributed by atoms with E-state index in [0.717, 1.165) is 16.5 Å². The first kappa shape index (κ1) is 15.3. The maximum atomic E-state index is 11.5. The number of benzene rings is 1.